The maximum Gasteiger partial charge on any atom is 0.326 e. The summed E-state index contributed by atoms with van der Waals surface area (Å²) in [6.45, 7) is 2.69. The summed E-state index contributed by atoms with van der Waals surface area (Å²) in [6.07, 6.45) is 3.88. The molecule has 0 bridgehead atoms. The Morgan fingerprint density at radius 1 is 1.11 bits per heavy atom. The molecule has 1 aromatic carbocycles. The molecule has 28 heavy (non-hydrogen) atoms. The number of imidazole rings is 1. The van der Waals surface area contributed by atoms with Gasteiger partial charge in [-0.25, -0.2) is 4.79 Å². The molecular weight excluding hydrogens is 380 g/mol. The molecule has 1 amide bonds. The van der Waals surface area contributed by atoms with E-state index in [2.05, 4.69) is 10.3 Å². The molecule has 3 fully saturated rings. The number of fused-ring (bicyclic) bond motifs is 2. The Hall–Kier alpha value is -1.83. The number of carbonyl (C=O) groups excluding carboxylic acids is 1. The number of benzene rings is 1. The Bertz CT molecular complexity index is 931. The highest BCUT2D eigenvalue weighted by Crippen LogP contribution is 2.31. The molecule has 0 spiro atoms. The SMILES string of the molecule is Cl.O=C(c1ccc2c(c1)[nH]c(=O)n2C1CCC(O)CC1)N1CC[C@H]2CNC[C@H]21. The summed E-state index contributed by atoms with van der Waals surface area (Å²) in [5.41, 5.74) is 2.08. The van der Waals surface area contributed by atoms with Crippen molar-refractivity contribution in [2.45, 2.75) is 50.3 Å². The van der Waals surface area contributed by atoms with Gasteiger partial charge in [-0.3, -0.25) is 9.36 Å². The van der Waals surface area contributed by atoms with Crippen molar-refractivity contribution in [3.63, 3.8) is 0 Å². The smallest absolute Gasteiger partial charge is 0.326 e. The van der Waals surface area contributed by atoms with Crippen LogP contribution in [-0.2, 0) is 0 Å². The van der Waals surface area contributed by atoms with Crippen molar-refractivity contribution in [3.05, 3.63) is 34.2 Å². The summed E-state index contributed by atoms with van der Waals surface area (Å²) < 4.78 is 1.81. The number of halogens is 1. The zero-order valence-electron chi connectivity index (χ0n) is 15.8. The molecule has 3 aliphatic rings. The first-order valence-corrected chi connectivity index (χ1v) is 10.1. The minimum Gasteiger partial charge on any atom is -0.393 e. The van der Waals surface area contributed by atoms with Crippen molar-refractivity contribution >= 4 is 29.3 Å². The molecule has 2 aromatic rings. The fourth-order valence-corrected chi connectivity index (χ4v) is 5.21. The predicted molar refractivity (Wildman–Crippen MR) is 109 cm³/mol. The van der Waals surface area contributed by atoms with Crippen LogP contribution < -0.4 is 11.0 Å². The summed E-state index contributed by atoms with van der Waals surface area (Å²) in [5.74, 6) is 0.628. The van der Waals surface area contributed by atoms with Crippen LogP contribution in [0.4, 0.5) is 0 Å². The fourth-order valence-electron chi connectivity index (χ4n) is 5.21. The average Bonchev–Trinajstić information content (AvgIpc) is 3.35. The molecule has 1 aromatic heterocycles. The lowest BCUT2D eigenvalue weighted by molar-refractivity contribution is 0.0737. The molecule has 2 atom stereocenters. The van der Waals surface area contributed by atoms with Crippen molar-refractivity contribution in [3.8, 4) is 0 Å². The third-order valence-corrected chi connectivity index (χ3v) is 6.70. The van der Waals surface area contributed by atoms with Gasteiger partial charge in [-0.2, -0.15) is 0 Å². The van der Waals surface area contributed by atoms with Crippen LogP contribution in [0.2, 0.25) is 0 Å². The van der Waals surface area contributed by atoms with E-state index in [1.807, 2.05) is 27.7 Å². The monoisotopic (exact) mass is 406 g/mol. The Morgan fingerprint density at radius 2 is 1.89 bits per heavy atom. The molecule has 5 rings (SSSR count). The van der Waals surface area contributed by atoms with Crippen molar-refractivity contribution in [1.29, 1.82) is 0 Å². The number of nitrogens with one attached hydrogen (secondary N) is 2. The van der Waals surface area contributed by atoms with E-state index in [0.29, 0.717) is 17.5 Å². The maximum absolute atomic E-state index is 13.0. The topological polar surface area (TPSA) is 90.4 Å². The van der Waals surface area contributed by atoms with Gasteiger partial charge in [-0.05, 0) is 56.2 Å². The highest BCUT2D eigenvalue weighted by atomic mass is 35.5. The second-order valence-electron chi connectivity index (χ2n) is 8.27. The van der Waals surface area contributed by atoms with Gasteiger partial charge in [0.2, 0.25) is 0 Å². The molecule has 2 saturated heterocycles. The summed E-state index contributed by atoms with van der Waals surface area (Å²) >= 11 is 0. The number of hydrogen-bond acceptors (Lipinski definition) is 4. The number of amides is 1. The van der Waals surface area contributed by atoms with Gasteiger partial charge in [-0.15, -0.1) is 12.4 Å². The van der Waals surface area contributed by atoms with Crippen LogP contribution >= 0.6 is 12.4 Å². The lowest BCUT2D eigenvalue weighted by atomic mass is 9.93. The molecule has 8 heteroatoms. The van der Waals surface area contributed by atoms with Crippen LogP contribution in [0.5, 0.6) is 0 Å². The Balaban J connectivity index is 0.00000192. The zero-order chi connectivity index (χ0) is 18.5. The van der Waals surface area contributed by atoms with Gasteiger partial charge < -0.3 is 20.3 Å². The number of rotatable bonds is 2. The van der Waals surface area contributed by atoms with Crippen LogP contribution in [0, 0.1) is 5.92 Å². The molecule has 2 aliphatic heterocycles. The number of carbonyl (C=O) groups is 1. The van der Waals surface area contributed by atoms with Crippen LogP contribution in [0.25, 0.3) is 11.0 Å². The van der Waals surface area contributed by atoms with Crippen LogP contribution in [0.3, 0.4) is 0 Å². The van der Waals surface area contributed by atoms with E-state index in [0.717, 1.165) is 62.8 Å². The summed E-state index contributed by atoms with van der Waals surface area (Å²) in [4.78, 5) is 30.5. The second kappa shape index (κ2) is 7.54. The number of aliphatic hydroxyl groups excluding tert-OH is 1. The van der Waals surface area contributed by atoms with Gasteiger partial charge in [0.15, 0.2) is 0 Å². The van der Waals surface area contributed by atoms with E-state index in [1.165, 1.54) is 0 Å². The van der Waals surface area contributed by atoms with Crippen LogP contribution in [0.15, 0.2) is 23.0 Å². The third kappa shape index (κ3) is 3.15. The van der Waals surface area contributed by atoms with E-state index in [1.54, 1.807) is 0 Å². The van der Waals surface area contributed by atoms with Crippen molar-refractivity contribution < 1.29 is 9.90 Å². The number of aliphatic hydroxyl groups is 1. The number of aromatic nitrogens is 2. The summed E-state index contributed by atoms with van der Waals surface area (Å²) in [5, 5.41) is 13.1. The van der Waals surface area contributed by atoms with E-state index < -0.39 is 0 Å². The van der Waals surface area contributed by atoms with Crippen LogP contribution in [0.1, 0.15) is 48.5 Å². The first-order chi connectivity index (χ1) is 13.1. The number of aromatic amines is 1. The van der Waals surface area contributed by atoms with E-state index in [9.17, 15) is 14.7 Å². The van der Waals surface area contributed by atoms with Crippen LogP contribution in [-0.4, -0.2) is 57.2 Å². The lowest BCUT2D eigenvalue weighted by Crippen LogP contribution is -2.39. The van der Waals surface area contributed by atoms with Crippen molar-refractivity contribution in [2.24, 2.45) is 5.92 Å². The van der Waals surface area contributed by atoms with Gasteiger partial charge >= 0.3 is 5.69 Å². The average molecular weight is 407 g/mol. The fraction of sp³-hybridized carbons (Fsp3) is 0.600. The van der Waals surface area contributed by atoms with Gasteiger partial charge in [0.25, 0.3) is 5.91 Å². The Morgan fingerprint density at radius 3 is 2.68 bits per heavy atom. The molecule has 1 aliphatic carbocycles. The second-order valence-corrected chi connectivity index (χ2v) is 8.27. The van der Waals surface area contributed by atoms with E-state index >= 15 is 0 Å². The predicted octanol–water partition coefficient (Wildman–Crippen LogP) is 1.66. The number of likely N-dealkylation sites (tertiary alicyclic amines) is 1. The number of H-pyrrole nitrogens is 1. The zero-order valence-corrected chi connectivity index (χ0v) is 16.6. The normalized spacial score (nSPS) is 29.7. The quantitative estimate of drug-likeness (QED) is 0.707. The van der Waals surface area contributed by atoms with Gasteiger partial charge in [0.1, 0.15) is 0 Å². The number of hydrogen-bond donors (Lipinski definition) is 3. The minimum atomic E-state index is -0.249. The standard InChI is InChI=1S/C20H26N4O3.ClH/c25-15-4-2-14(3-5-15)24-17-6-1-12(9-16(17)22-20(24)27)19(26)23-8-7-13-10-21-11-18(13)23;/h1,6,9,13-15,18,21,25H,2-5,7-8,10-11H2,(H,22,27);1H/t13-,14?,15?,18+;/m0./s1. The van der Waals surface area contributed by atoms with Crippen molar-refractivity contribution in [2.75, 3.05) is 19.6 Å². The van der Waals surface area contributed by atoms with E-state index in [-0.39, 0.29) is 36.1 Å². The molecule has 0 radical (unpaired) electrons. The Labute approximate surface area is 169 Å². The Kier molecular flexibility index (Phi) is 5.24. The summed E-state index contributed by atoms with van der Waals surface area (Å²) in [6, 6.07) is 5.97. The molecule has 0 unspecified atom stereocenters. The lowest BCUT2D eigenvalue weighted by Gasteiger charge is -2.26. The highest BCUT2D eigenvalue weighted by Gasteiger charge is 2.40. The maximum atomic E-state index is 13.0. The molecular formula is C20H27ClN4O3. The molecule has 152 valence electrons. The third-order valence-electron chi connectivity index (χ3n) is 6.70. The largest absolute Gasteiger partial charge is 0.393 e. The van der Waals surface area contributed by atoms with E-state index in [4.69, 9.17) is 0 Å². The first kappa shape index (κ1) is 19.5. The number of nitrogens with zero attached hydrogens (tertiary/aromatic N) is 2. The molecule has 3 N–H and O–H groups in total. The minimum absolute atomic E-state index is 0. The summed E-state index contributed by atoms with van der Waals surface area (Å²) in [7, 11) is 0. The van der Waals surface area contributed by atoms with Crippen molar-refractivity contribution in [1.82, 2.24) is 19.8 Å². The van der Waals surface area contributed by atoms with Gasteiger partial charge in [0, 0.05) is 37.3 Å². The molecule has 7 nitrogen and oxygen atoms in total. The highest BCUT2D eigenvalue weighted by molar-refractivity contribution is 5.97. The first-order valence-electron chi connectivity index (χ1n) is 10.1. The van der Waals surface area contributed by atoms with Gasteiger partial charge in [-0.1, -0.05) is 0 Å². The molecule has 1 saturated carbocycles. The van der Waals surface area contributed by atoms with Gasteiger partial charge in [0.05, 0.1) is 17.1 Å². The molecule has 3 heterocycles.